The number of aryl methyl sites for hydroxylation is 1. The molecule has 104 valence electrons. The largest absolute Gasteiger partial charge is 0.481 e. The molecule has 6 nitrogen and oxygen atoms in total. The number of nitriles is 1. The van der Waals surface area contributed by atoms with E-state index in [9.17, 15) is 9.59 Å². The number of likely N-dealkylation sites (tertiary alicyclic amines) is 1. The van der Waals surface area contributed by atoms with E-state index in [0.29, 0.717) is 36.5 Å². The number of rotatable bonds is 3. The molecule has 0 spiro atoms. The molecule has 0 aliphatic carbocycles. The summed E-state index contributed by atoms with van der Waals surface area (Å²) in [7, 11) is 0. The Kier molecular flexibility index (Phi) is 3.99. The van der Waals surface area contributed by atoms with Gasteiger partial charge in [-0.25, -0.2) is 4.98 Å². The van der Waals surface area contributed by atoms with Gasteiger partial charge in [-0.2, -0.15) is 5.26 Å². The molecule has 1 unspecified atom stereocenters. The summed E-state index contributed by atoms with van der Waals surface area (Å²) in [5.74, 6) is -1.03. The third kappa shape index (κ3) is 2.94. The summed E-state index contributed by atoms with van der Waals surface area (Å²) >= 11 is 0. The maximum absolute atomic E-state index is 12.3. The molecular formula is C14H15N3O3. The van der Waals surface area contributed by atoms with Crippen molar-refractivity contribution < 1.29 is 14.7 Å². The maximum Gasteiger partial charge on any atom is 0.303 e. The average Bonchev–Trinajstić information content (AvgIpc) is 2.85. The van der Waals surface area contributed by atoms with E-state index >= 15 is 0 Å². The SMILES string of the molecule is Cc1nc(C(=O)N2CCC(CC(=O)O)C2)ccc1C#N. The molecule has 0 saturated carbocycles. The second-order valence-corrected chi connectivity index (χ2v) is 4.94. The van der Waals surface area contributed by atoms with Crippen LogP contribution in [-0.2, 0) is 4.79 Å². The number of carboxylic acids is 1. The first-order chi connectivity index (χ1) is 9.51. The topological polar surface area (TPSA) is 94.3 Å². The molecule has 2 rings (SSSR count). The van der Waals surface area contributed by atoms with Crippen molar-refractivity contribution >= 4 is 11.9 Å². The molecule has 1 amide bonds. The molecule has 0 aromatic carbocycles. The Bertz CT molecular complexity index is 592. The van der Waals surface area contributed by atoms with Crippen LogP contribution in [0.25, 0.3) is 0 Å². The molecule has 1 aromatic heterocycles. The van der Waals surface area contributed by atoms with Gasteiger partial charge in [0, 0.05) is 19.5 Å². The molecule has 1 fully saturated rings. The smallest absolute Gasteiger partial charge is 0.303 e. The summed E-state index contributed by atoms with van der Waals surface area (Å²) in [5, 5.41) is 17.6. The zero-order valence-corrected chi connectivity index (χ0v) is 11.2. The highest BCUT2D eigenvalue weighted by molar-refractivity contribution is 5.92. The van der Waals surface area contributed by atoms with E-state index in [0.717, 1.165) is 0 Å². The van der Waals surface area contributed by atoms with E-state index < -0.39 is 5.97 Å². The number of nitrogens with zero attached hydrogens (tertiary/aromatic N) is 3. The van der Waals surface area contributed by atoms with Crippen molar-refractivity contribution in [3.8, 4) is 6.07 Å². The van der Waals surface area contributed by atoms with E-state index in [1.807, 2.05) is 6.07 Å². The molecule has 1 saturated heterocycles. The van der Waals surface area contributed by atoms with Gasteiger partial charge >= 0.3 is 5.97 Å². The van der Waals surface area contributed by atoms with Crippen LogP contribution < -0.4 is 0 Å². The Morgan fingerprint density at radius 3 is 2.90 bits per heavy atom. The van der Waals surface area contributed by atoms with E-state index in [2.05, 4.69) is 4.98 Å². The summed E-state index contributed by atoms with van der Waals surface area (Å²) < 4.78 is 0. The minimum atomic E-state index is -0.836. The summed E-state index contributed by atoms with van der Waals surface area (Å²) in [6.45, 7) is 2.69. The lowest BCUT2D eigenvalue weighted by molar-refractivity contribution is -0.138. The molecule has 1 aliphatic rings. The van der Waals surface area contributed by atoms with Gasteiger partial charge in [-0.3, -0.25) is 9.59 Å². The summed E-state index contributed by atoms with van der Waals surface area (Å²) in [6, 6.07) is 5.13. The highest BCUT2D eigenvalue weighted by atomic mass is 16.4. The van der Waals surface area contributed by atoms with Crippen molar-refractivity contribution in [2.45, 2.75) is 19.8 Å². The predicted octanol–water partition coefficient (Wildman–Crippen LogP) is 1.20. The average molecular weight is 273 g/mol. The first-order valence-electron chi connectivity index (χ1n) is 6.40. The zero-order chi connectivity index (χ0) is 14.7. The van der Waals surface area contributed by atoms with Crippen molar-refractivity contribution in [2.75, 3.05) is 13.1 Å². The van der Waals surface area contributed by atoms with Gasteiger partial charge in [-0.1, -0.05) is 0 Å². The molecule has 1 N–H and O–H groups in total. The number of carbonyl (C=O) groups excluding carboxylic acids is 1. The van der Waals surface area contributed by atoms with E-state index in [1.165, 1.54) is 0 Å². The molecule has 20 heavy (non-hydrogen) atoms. The third-order valence-corrected chi connectivity index (χ3v) is 3.46. The van der Waals surface area contributed by atoms with Crippen LogP contribution in [0.5, 0.6) is 0 Å². The van der Waals surface area contributed by atoms with Crippen molar-refractivity contribution in [1.29, 1.82) is 5.26 Å². The van der Waals surface area contributed by atoms with Gasteiger partial charge in [0.05, 0.1) is 11.3 Å². The Morgan fingerprint density at radius 2 is 2.30 bits per heavy atom. The third-order valence-electron chi connectivity index (χ3n) is 3.46. The number of hydrogen-bond donors (Lipinski definition) is 1. The lowest BCUT2D eigenvalue weighted by atomic mass is 10.1. The van der Waals surface area contributed by atoms with Crippen LogP contribution >= 0.6 is 0 Å². The molecular weight excluding hydrogens is 258 g/mol. The van der Waals surface area contributed by atoms with E-state index in [4.69, 9.17) is 10.4 Å². The molecule has 0 radical (unpaired) electrons. The minimum absolute atomic E-state index is 0.0101. The molecule has 1 aromatic rings. The quantitative estimate of drug-likeness (QED) is 0.892. The Morgan fingerprint density at radius 1 is 1.55 bits per heavy atom. The van der Waals surface area contributed by atoms with Gasteiger partial charge in [0.2, 0.25) is 0 Å². The van der Waals surface area contributed by atoms with Gasteiger partial charge in [0.15, 0.2) is 0 Å². The highest BCUT2D eigenvalue weighted by Crippen LogP contribution is 2.21. The van der Waals surface area contributed by atoms with Crippen LogP contribution in [0.1, 0.15) is 34.6 Å². The van der Waals surface area contributed by atoms with Gasteiger partial charge in [-0.15, -0.1) is 0 Å². The first-order valence-corrected chi connectivity index (χ1v) is 6.40. The summed E-state index contributed by atoms with van der Waals surface area (Å²) in [6.07, 6.45) is 0.789. The number of carbonyl (C=O) groups is 2. The van der Waals surface area contributed by atoms with Crippen LogP contribution in [-0.4, -0.2) is 40.0 Å². The lowest BCUT2D eigenvalue weighted by Gasteiger charge is -2.16. The molecule has 0 bridgehead atoms. The van der Waals surface area contributed by atoms with Crippen LogP contribution in [0.2, 0.25) is 0 Å². The maximum atomic E-state index is 12.3. The number of amides is 1. The van der Waals surface area contributed by atoms with Crippen molar-refractivity contribution in [1.82, 2.24) is 9.88 Å². The van der Waals surface area contributed by atoms with Crippen LogP contribution in [0.15, 0.2) is 12.1 Å². The van der Waals surface area contributed by atoms with Crippen LogP contribution in [0.4, 0.5) is 0 Å². The minimum Gasteiger partial charge on any atom is -0.481 e. The van der Waals surface area contributed by atoms with E-state index in [-0.39, 0.29) is 18.2 Å². The van der Waals surface area contributed by atoms with Gasteiger partial charge in [-0.05, 0) is 31.4 Å². The first kappa shape index (κ1) is 14.0. The summed E-state index contributed by atoms with van der Waals surface area (Å²) in [5.41, 5.74) is 1.28. The van der Waals surface area contributed by atoms with Crippen LogP contribution in [0, 0.1) is 24.2 Å². The monoisotopic (exact) mass is 273 g/mol. The number of carboxylic acid groups (broad SMARTS) is 1. The lowest BCUT2D eigenvalue weighted by Crippen LogP contribution is -2.29. The fraction of sp³-hybridized carbons (Fsp3) is 0.429. The molecule has 6 heteroatoms. The number of hydrogen-bond acceptors (Lipinski definition) is 4. The van der Waals surface area contributed by atoms with Gasteiger partial charge in [0.1, 0.15) is 11.8 Å². The molecule has 1 aliphatic heterocycles. The van der Waals surface area contributed by atoms with Crippen molar-refractivity contribution in [3.05, 3.63) is 29.1 Å². The van der Waals surface area contributed by atoms with Gasteiger partial charge < -0.3 is 10.0 Å². The fourth-order valence-corrected chi connectivity index (χ4v) is 2.39. The zero-order valence-electron chi connectivity index (χ0n) is 11.2. The number of aliphatic carboxylic acids is 1. The Hall–Kier alpha value is -2.42. The Labute approximate surface area is 116 Å². The number of pyridine rings is 1. The second-order valence-electron chi connectivity index (χ2n) is 4.94. The molecule has 1 atom stereocenters. The Balaban J connectivity index is 2.07. The van der Waals surface area contributed by atoms with Crippen LogP contribution in [0.3, 0.4) is 0 Å². The van der Waals surface area contributed by atoms with E-state index in [1.54, 1.807) is 24.0 Å². The standard InChI is InChI=1S/C14H15N3O3/c1-9-11(7-15)2-3-12(16-9)14(20)17-5-4-10(8-17)6-13(18)19/h2-3,10H,4-6,8H2,1H3,(H,18,19). The summed E-state index contributed by atoms with van der Waals surface area (Å²) in [4.78, 5) is 28.7. The van der Waals surface area contributed by atoms with Crippen molar-refractivity contribution in [3.63, 3.8) is 0 Å². The van der Waals surface area contributed by atoms with Crippen molar-refractivity contribution in [2.24, 2.45) is 5.92 Å². The molecule has 2 heterocycles. The second kappa shape index (κ2) is 5.70. The normalized spacial score (nSPS) is 17.8. The predicted molar refractivity (Wildman–Crippen MR) is 70.0 cm³/mol. The highest BCUT2D eigenvalue weighted by Gasteiger charge is 2.29. The fourth-order valence-electron chi connectivity index (χ4n) is 2.39. The number of aromatic nitrogens is 1. The van der Waals surface area contributed by atoms with Gasteiger partial charge in [0.25, 0.3) is 5.91 Å².